The van der Waals surface area contributed by atoms with Crippen LogP contribution in [0.5, 0.6) is 5.75 Å². The molecule has 0 saturated carbocycles. The van der Waals surface area contributed by atoms with Crippen molar-refractivity contribution in [3.63, 3.8) is 0 Å². The Hall–Kier alpha value is -2.39. The third-order valence-electron chi connectivity index (χ3n) is 3.73. The van der Waals surface area contributed by atoms with Gasteiger partial charge in [0.15, 0.2) is 5.11 Å². The summed E-state index contributed by atoms with van der Waals surface area (Å²) >= 11 is 5.22. The molecule has 1 aromatic carbocycles. The van der Waals surface area contributed by atoms with Crippen molar-refractivity contribution in [1.82, 2.24) is 15.8 Å². The van der Waals surface area contributed by atoms with Crippen molar-refractivity contribution in [2.45, 2.75) is 12.8 Å². The van der Waals surface area contributed by atoms with Crippen LogP contribution in [-0.2, 0) is 14.3 Å². The van der Waals surface area contributed by atoms with Crippen LogP contribution in [0.1, 0.15) is 12.8 Å². The maximum atomic E-state index is 12.4. The summed E-state index contributed by atoms with van der Waals surface area (Å²) in [4.78, 5) is 26.1. The Morgan fingerprint density at radius 1 is 1.42 bits per heavy atom. The molecule has 2 amide bonds. The average Bonchev–Trinajstić information content (AvgIpc) is 2.78. The molecule has 0 aliphatic carbocycles. The lowest BCUT2D eigenvalue weighted by Gasteiger charge is -2.25. The number of nitrogens with zero attached hydrogens (tertiary/aromatic N) is 2. The number of carbonyl (C=O) groups is 2. The Kier molecular flexibility index (Phi) is 7.61. The molecule has 0 radical (unpaired) electrons. The normalized spacial score (nSPS) is 13.3. The van der Waals surface area contributed by atoms with Gasteiger partial charge in [-0.2, -0.15) is 0 Å². The first-order chi connectivity index (χ1) is 12.5. The van der Waals surface area contributed by atoms with E-state index >= 15 is 0 Å². The van der Waals surface area contributed by atoms with Crippen molar-refractivity contribution < 1.29 is 19.1 Å². The Morgan fingerprint density at radius 2 is 2.19 bits per heavy atom. The number of nitrogens with one attached hydrogen (secondary N) is 2. The van der Waals surface area contributed by atoms with E-state index in [9.17, 15) is 9.59 Å². The van der Waals surface area contributed by atoms with E-state index in [1.807, 2.05) is 6.07 Å². The zero-order valence-electron chi connectivity index (χ0n) is 15.0. The highest BCUT2D eigenvalue weighted by atomic mass is 32.1. The number of rotatable bonds is 6. The van der Waals surface area contributed by atoms with Gasteiger partial charge in [-0.1, -0.05) is 12.1 Å². The molecular formula is C17H24N4O4S. The molecule has 0 aromatic heterocycles. The van der Waals surface area contributed by atoms with Gasteiger partial charge < -0.3 is 14.8 Å². The minimum Gasteiger partial charge on any atom is -0.491 e. The molecule has 1 heterocycles. The van der Waals surface area contributed by atoms with E-state index in [4.69, 9.17) is 21.7 Å². The molecule has 1 aliphatic heterocycles. The number of amides is 2. The van der Waals surface area contributed by atoms with Crippen molar-refractivity contribution >= 4 is 34.8 Å². The van der Waals surface area contributed by atoms with Gasteiger partial charge in [-0.25, -0.2) is 0 Å². The highest BCUT2D eigenvalue weighted by molar-refractivity contribution is 7.80. The Bertz CT molecular complexity index is 655. The minimum absolute atomic E-state index is 0.115. The fraction of sp³-hybridized carbons (Fsp3) is 0.471. The van der Waals surface area contributed by atoms with Crippen molar-refractivity contribution in [2.75, 3.05) is 45.4 Å². The molecule has 0 atom stereocenters. The first kappa shape index (κ1) is 19.9. The predicted octanol–water partition coefficient (Wildman–Crippen LogP) is 0.676. The van der Waals surface area contributed by atoms with Gasteiger partial charge in [0.25, 0.3) is 5.91 Å². The number of ether oxygens (including phenoxy) is 2. The second-order valence-electron chi connectivity index (χ2n) is 5.72. The zero-order valence-corrected chi connectivity index (χ0v) is 15.8. The number of hydrogen-bond donors (Lipinski definition) is 2. The van der Waals surface area contributed by atoms with Gasteiger partial charge in [-0.15, -0.1) is 0 Å². The van der Waals surface area contributed by atoms with Crippen molar-refractivity contribution in [1.29, 1.82) is 0 Å². The number of hydrazine groups is 1. The highest BCUT2D eigenvalue weighted by Crippen LogP contribution is 2.30. The monoisotopic (exact) mass is 380 g/mol. The van der Waals surface area contributed by atoms with E-state index in [1.165, 1.54) is 9.91 Å². The summed E-state index contributed by atoms with van der Waals surface area (Å²) in [5.74, 6) is 0.0847. The smallest absolute Gasteiger partial charge is 0.258 e. The number of thiocarbonyl (C=S) groups is 1. The number of anilines is 1. The first-order valence-electron chi connectivity index (χ1n) is 8.35. The molecule has 2 rings (SSSR count). The van der Waals surface area contributed by atoms with Crippen molar-refractivity contribution in [2.24, 2.45) is 0 Å². The van der Waals surface area contributed by atoms with Gasteiger partial charge in [0, 0.05) is 27.3 Å². The summed E-state index contributed by atoms with van der Waals surface area (Å²) in [6.45, 7) is 1.45. The van der Waals surface area contributed by atoms with Crippen molar-refractivity contribution in [3.8, 4) is 5.75 Å². The van der Waals surface area contributed by atoms with Gasteiger partial charge in [0.05, 0.1) is 18.7 Å². The van der Waals surface area contributed by atoms with E-state index in [-0.39, 0.29) is 24.8 Å². The lowest BCUT2D eigenvalue weighted by atomic mass is 10.2. The molecule has 8 nitrogen and oxygen atoms in total. The molecule has 0 bridgehead atoms. The fourth-order valence-electron chi connectivity index (χ4n) is 2.44. The SMILES string of the molecule is COCCCNC(=S)N(C)NC(=O)CN1C(=O)CCOc2ccccc21. The van der Waals surface area contributed by atoms with Gasteiger partial charge in [-0.3, -0.25) is 24.9 Å². The molecule has 1 aromatic rings. The van der Waals surface area contributed by atoms with Gasteiger partial charge in [0.2, 0.25) is 5.91 Å². The molecular weight excluding hydrogens is 356 g/mol. The molecule has 2 N–H and O–H groups in total. The van der Waals surface area contributed by atoms with Crippen LogP contribution in [-0.4, -0.2) is 62.4 Å². The van der Waals surface area contributed by atoms with Crippen LogP contribution in [0.25, 0.3) is 0 Å². The van der Waals surface area contributed by atoms with Gasteiger partial charge >= 0.3 is 0 Å². The molecule has 9 heteroatoms. The summed E-state index contributed by atoms with van der Waals surface area (Å²) in [7, 11) is 3.28. The number of para-hydroxylation sites is 2. The summed E-state index contributed by atoms with van der Waals surface area (Å²) in [6, 6.07) is 7.17. The predicted molar refractivity (Wildman–Crippen MR) is 102 cm³/mol. The average molecular weight is 380 g/mol. The molecule has 0 saturated heterocycles. The lowest BCUT2D eigenvalue weighted by molar-refractivity contribution is -0.125. The zero-order chi connectivity index (χ0) is 18.9. The largest absolute Gasteiger partial charge is 0.491 e. The molecule has 142 valence electrons. The summed E-state index contributed by atoms with van der Waals surface area (Å²) in [6.07, 6.45) is 1.02. The quantitative estimate of drug-likeness (QED) is 0.426. The number of fused-ring (bicyclic) bond motifs is 1. The topological polar surface area (TPSA) is 83.1 Å². The van der Waals surface area contributed by atoms with Crippen LogP contribution in [0.3, 0.4) is 0 Å². The molecule has 0 unspecified atom stereocenters. The Morgan fingerprint density at radius 3 is 2.96 bits per heavy atom. The first-order valence-corrected chi connectivity index (χ1v) is 8.76. The minimum atomic E-state index is -0.349. The van der Waals surface area contributed by atoms with E-state index in [0.717, 1.165) is 6.42 Å². The molecule has 0 spiro atoms. The number of hydrogen-bond acceptors (Lipinski definition) is 5. The summed E-state index contributed by atoms with van der Waals surface area (Å²) in [5, 5.41) is 4.84. The van der Waals surface area contributed by atoms with Crippen molar-refractivity contribution in [3.05, 3.63) is 24.3 Å². The van der Waals surface area contributed by atoms with E-state index in [2.05, 4.69) is 10.7 Å². The van der Waals surface area contributed by atoms with Gasteiger partial charge in [0.1, 0.15) is 12.3 Å². The molecule has 1 aliphatic rings. The number of carbonyl (C=O) groups excluding carboxylic acids is 2. The van der Waals surface area contributed by atoms with E-state index in [1.54, 1.807) is 32.4 Å². The number of methoxy groups -OCH3 is 1. The van der Waals surface area contributed by atoms with Crippen LogP contribution in [0.2, 0.25) is 0 Å². The molecule has 26 heavy (non-hydrogen) atoms. The third kappa shape index (κ3) is 5.57. The summed E-state index contributed by atoms with van der Waals surface area (Å²) in [5.41, 5.74) is 3.26. The molecule has 0 fully saturated rings. The summed E-state index contributed by atoms with van der Waals surface area (Å²) < 4.78 is 10.5. The third-order valence-corrected chi connectivity index (χ3v) is 4.15. The standard InChI is InChI=1S/C17H24N4O4S/c1-20(17(26)18-9-5-10-24-2)19-15(22)12-21-13-6-3-4-7-14(13)25-11-8-16(21)23/h3-4,6-7H,5,8-12H2,1-2H3,(H,18,26)(H,19,22). The maximum absolute atomic E-state index is 12.4. The number of benzene rings is 1. The maximum Gasteiger partial charge on any atom is 0.258 e. The Balaban J connectivity index is 1.92. The van der Waals surface area contributed by atoms with Crippen LogP contribution < -0.4 is 20.4 Å². The Labute approximate surface area is 158 Å². The van der Waals surface area contributed by atoms with Crippen LogP contribution in [0.15, 0.2) is 24.3 Å². The van der Waals surface area contributed by atoms with Crippen LogP contribution in [0.4, 0.5) is 5.69 Å². The van der Waals surface area contributed by atoms with Crippen LogP contribution >= 0.6 is 12.2 Å². The highest BCUT2D eigenvalue weighted by Gasteiger charge is 2.25. The lowest BCUT2D eigenvalue weighted by Crippen LogP contribution is -2.51. The van der Waals surface area contributed by atoms with Crippen LogP contribution in [0, 0.1) is 0 Å². The fourth-order valence-corrected chi connectivity index (χ4v) is 2.59. The second-order valence-corrected chi connectivity index (χ2v) is 6.11. The van der Waals surface area contributed by atoms with Gasteiger partial charge in [-0.05, 0) is 30.8 Å². The second kappa shape index (κ2) is 9.93. The van der Waals surface area contributed by atoms with E-state index in [0.29, 0.717) is 36.3 Å². The van der Waals surface area contributed by atoms with E-state index < -0.39 is 0 Å².